The van der Waals surface area contributed by atoms with Gasteiger partial charge in [-0.3, -0.25) is 0 Å². The molecule has 31 heavy (non-hydrogen) atoms. The third-order valence-corrected chi connectivity index (χ3v) is 6.63. The number of pyridine rings is 1. The molecule has 0 saturated heterocycles. The molecule has 7 heteroatoms. The Hall–Kier alpha value is -3.06. The van der Waals surface area contributed by atoms with E-state index in [1.165, 1.54) is 14.2 Å². The molecule has 0 aromatic carbocycles. The van der Waals surface area contributed by atoms with Gasteiger partial charge in [-0.05, 0) is 30.0 Å². The molecule has 0 spiro atoms. The number of hydrogen-bond acceptors (Lipinski definition) is 6. The largest absolute Gasteiger partial charge is 0.466 e. The predicted molar refractivity (Wildman–Crippen MR) is 115 cm³/mol. The van der Waals surface area contributed by atoms with Crippen molar-refractivity contribution in [2.75, 3.05) is 27.9 Å². The fourth-order valence-electron chi connectivity index (χ4n) is 5.37. The average Bonchev–Trinajstić information content (AvgIpc) is 3.32. The molecule has 0 amide bonds. The Bertz CT molecular complexity index is 1080. The molecule has 3 atom stereocenters. The van der Waals surface area contributed by atoms with Gasteiger partial charge in [-0.15, -0.1) is 0 Å². The molecule has 0 fully saturated rings. The minimum atomic E-state index is -0.374. The van der Waals surface area contributed by atoms with Crippen LogP contribution in [0.15, 0.2) is 41.9 Å². The van der Waals surface area contributed by atoms with Crippen LogP contribution in [0.3, 0.4) is 0 Å². The van der Waals surface area contributed by atoms with E-state index in [1.54, 1.807) is 6.20 Å². The Morgan fingerprint density at radius 2 is 1.87 bits per heavy atom. The molecule has 4 rings (SSSR count). The molecule has 0 unspecified atom stereocenters. The highest BCUT2D eigenvalue weighted by Crippen LogP contribution is 2.52. The molecule has 2 aliphatic heterocycles. The van der Waals surface area contributed by atoms with Gasteiger partial charge in [0.2, 0.25) is 0 Å². The Balaban J connectivity index is 1.90. The van der Waals surface area contributed by atoms with Crippen molar-refractivity contribution in [1.29, 1.82) is 0 Å². The van der Waals surface area contributed by atoms with Crippen molar-refractivity contribution in [2.24, 2.45) is 18.9 Å². The second kappa shape index (κ2) is 7.89. The average molecular weight is 424 g/mol. The van der Waals surface area contributed by atoms with Crippen molar-refractivity contribution in [3.63, 3.8) is 0 Å². The second-order valence-corrected chi connectivity index (χ2v) is 8.39. The van der Waals surface area contributed by atoms with Gasteiger partial charge in [0.1, 0.15) is 0 Å². The van der Waals surface area contributed by atoms with Gasteiger partial charge in [0.25, 0.3) is 0 Å². The molecule has 0 aromatic heterocycles. The van der Waals surface area contributed by atoms with Crippen LogP contribution in [0.4, 0.5) is 0 Å². The van der Waals surface area contributed by atoms with E-state index in [9.17, 15) is 14.7 Å². The normalized spacial score (nSPS) is 22.8. The summed E-state index contributed by atoms with van der Waals surface area (Å²) >= 11 is 0. The highest BCUT2D eigenvalue weighted by Gasteiger charge is 2.46. The molecule has 7 nitrogen and oxygen atoms in total. The number of rotatable bonds is 4. The van der Waals surface area contributed by atoms with Crippen LogP contribution in [-0.4, -0.2) is 54.4 Å². The first-order valence-corrected chi connectivity index (χ1v) is 10.3. The molecule has 164 valence electrons. The van der Waals surface area contributed by atoms with Crippen molar-refractivity contribution in [2.45, 2.75) is 19.4 Å². The fourth-order valence-corrected chi connectivity index (χ4v) is 5.37. The number of ether oxygens (including phenoxy) is 2. The lowest BCUT2D eigenvalue weighted by Gasteiger charge is -2.42. The molecule has 0 aromatic rings. The molecule has 0 radical (unpaired) electrons. The Morgan fingerprint density at radius 1 is 1.16 bits per heavy atom. The number of fused-ring (bicyclic) bond motifs is 2. The van der Waals surface area contributed by atoms with Crippen LogP contribution in [0.5, 0.6) is 0 Å². The minimum Gasteiger partial charge on any atom is -0.466 e. The minimum absolute atomic E-state index is 0.0568. The van der Waals surface area contributed by atoms with E-state index >= 15 is 0 Å². The number of nitrogens with zero attached hydrogens (tertiary/aromatic N) is 2. The number of aromatic nitrogens is 1. The molecular formula is C24H28N2O5. The summed E-state index contributed by atoms with van der Waals surface area (Å²) in [4.78, 5) is 26.9. The SMILES string of the molecule is COC(=O)C1=CN(C)[C@@H](c2cc(C)c3c(C(=O)OC)cn(C)cc2-3)[C@@H]2C(CO)=CC[C@H]12. The van der Waals surface area contributed by atoms with Gasteiger partial charge in [0, 0.05) is 55.7 Å². The summed E-state index contributed by atoms with van der Waals surface area (Å²) in [5.41, 5.74) is 5.98. The number of esters is 2. The zero-order chi connectivity index (χ0) is 22.4. The Labute approximate surface area is 181 Å². The van der Waals surface area contributed by atoms with Gasteiger partial charge in [0.15, 0.2) is 0 Å². The topological polar surface area (TPSA) is 81.0 Å². The van der Waals surface area contributed by atoms with Crippen LogP contribution in [0.2, 0.25) is 0 Å². The third kappa shape index (κ3) is 3.24. The van der Waals surface area contributed by atoms with Crippen molar-refractivity contribution < 1.29 is 24.2 Å². The van der Waals surface area contributed by atoms with Crippen LogP contribution in [-0.2, 0) is 21.3 Å². The van der Waals surface area contributed by atoms with E-state index in [0.29, 0.717) is 17.6 Å². The van der Waals surface area contributed by atoms with Crippen molar-refractivity contribution >= 4 is 11.9 Å². The molecule has 4 aliphatic rings. The van der Waals surface area contributed by atoms with Crippen molar-refractivity contribution in [3.05, 3.63) is 58.6 Å². The van der Waals surface area contributed by atoms with Gasteiger partial charge >= 0.3 is 11.9 Å². The van der Waals surface area contributed by atoms with Crippen LogP contribution in [0.1, 0.15) is 33.9 Å². The van der Waals surface area contributed by atoms with E-state index in [-0.39, 0.29) is 36.4 Å². The summed E-state index contributed by atoms with van der Waals surface area (Å²) in [6.07, 6.45) is 8.39. The van der Waals surface area contributed by atoms with E-state index < -0.39 is 0 Å². The van der Waals surface area contributed by atoms with E-state index in [2.05, 4.69) is 6.07 Å². The first kappa shape index (κ1) is 21.2. The van der Waals surface area contributed by atoms with Gasteiger partial charge in [-0.25, -0.2) is 9.59 Å². The molecule has 1 N–H and O–H groups in total. The van der Waals surface area contributed by atoms with Crippen LogP contribution in [0, 0.1) is 18.8 Å². The predicted octanol–water partition coefficient (Wildman–Crippen LogP) is 2.82. The number of methoxy groups -OCH3 is 2. The molecular weight excluding hydrogens is 396 g/mol. The van der Waals surface area contributed by atoms with E-state index in [0.717, 1.165) is 27.8 Å². The van der Waals surface area contributed by atoms with Gasteiger partial charge in [0.05, 0.1) is 38.0 Å². The molecule has 0 saturated carbocycles. The van der Waals surface area contributed by atoms with Gasteiger partial charge < -0.3 is 24.0 Å². The quantitative estimate of drug-likeness (QED) is 0.601. The van der Waals surface area contributed by atoms with E-state index in [4.69, 9.17) is 9.47 Å². The second-order valence-electron chi connectivity index (χ2n) is 8.39. The zero-order valence-corrected chi connectivity index (χ0v) is 18.5. The number of aliphatic hydroxyl groups is 1. The Kier molecular flexibility index (Phi) is 5.39. The maximum absolute atomic E-state index is 12.5. The first-order valence-electron chi connectivity index (χ1n) is 10.3. The maximum atomic E-state index is 12.5. The lowest BCUT2D eigenvalue weighted by molar-refractivity contribution is -0.137. The smallest absolute Gasteiger partial charge is 0.339 e. The van der Waals surface area contributed by atoms with E-state index in [1.807, 2.05) is 49.0 Å². The first-order chi connectivity index (χ1) is 14.8. The summed E-state index contributed by atoms with van der Waals surface area (Å²) in [5, 5.41) is 10.1. The number of carbonyl (C=O) groups is 2. The van der Waals surface area contributed by atoms with Crippen LogP contribution < -0.4 is 0 Å². The number of aliphatic hydroxyl groups excluding tert-OH is 1. The summed E-state index contributed by atoms with van der Waals surface area (Å²) in [5.74, 6) is -0.832. The molecule has 2 heterocycles. The summed E-state index contributed by atoms with van der Waals surface area (Å²) in [6, 6.07) is 2.02. The molecule has 2 aliphatic carbocycles. The highest BCUT2D eigenvalue weighted by molar-refractivity contribution is 5.99. The summed E-state index contributed by atoms with van der Waals surface area (Å²) in [6.45, 7) is 1.94. The standard InChI is InChI=1S/C24H28N2O5/c1-13-8-16(17-9-25(2)10-19(20(13)17)24(29)31-5)22-21-14(12-27)6-7-15(21)18(11-26(22)3)23(28)30-4/h6,8-11,15,21-22,27H,7,12H2,1-5H3/t15-,21-,22+/m1/s1. The van der Waals surface area contributed by atoms with Crippen molar-refractivity contribution in [1.82, 2.24) is 9.47 Å². The molecule has 0 bridgehead atoms. The van der Waals surface area contributed by atoms with Crippen LogP contribution in [0.25, 0.3) is 11.1 Å². The number of aryl methyl sites for hydroxylation is 2. The zero-order valence-electron chi connectivity index (χ0n) is 18.5. The highest BCUT2D eigenvalue weighted by atomic mass is 16.5. The number of hydrogen-bond donors (Lipinski definition) is 1. The number of carbonyl (C=O) groups excluding carboxylic acids is 2. The van der Waals surface area contributed by atoms with Gasteiger partial charge in [-0.1, -0.05) is 12.1 Å². The van der Waals surface area contributed by atoms with Crippen molar-refractivity contribution in [3.8, 4) is 11.1 Å². The van der Waals surface area contributed by atoms with Gasteiger partial charge in [-0.2, -0.15) is 0 Å². The fraction of sp³-hybridized carbons (Fsp3) is 0.417. The monoisotopic (exact) mass is 424 g/mol. The number of allylic oxidation sites excluding steroid dienone is 1. The lowest BCUT2D eigenvalue weighted by Crippen LogP contribution is -2.38. The third-order valence-electron chi connectivity index (χ3n) is 6.63. The Morgan fingerprint density at radius 3 is 2.52 bits per heavy atom. The summed E-state index contributed by atoms with van der Waals surface area (Å²) < 4.78 is 11.9. The van der Waals surface area contributed by atoms with Crippen LogP contribution >= 0.6 is 0 Å². The lowest BCUT2D eigenvalue weighted by atomic mass is 9.74. The maximum Gasteiger partial charge on any atom is 0.339 e. The summed E-state index contributed by atoms with van der Waals surface area (Å²) in [7, 11) is 6.60.